The summed E-state index contributed by atoms with van der Waals surface area (Å²) in [6.45, 7) is 5.25. The number of hydrogen-bond donors (Lipinski definition) is 1. The first-order valence-electron chi connectivity index (χ1n) is 5.93. The van der Waals surface area contributed by atoms with Gasteiger partial charge < -0.3 is 5.32 Å². The first-order chi connectivity index (χ1) is 8.43. The molecule has 100 valence electrons. The van der Waals surface area contributed by atoms with E-state index in [2.05, 4.69) is 21.2 Å². The van der Waals surface area contributed by atoms with Gasteiger partial charge >= 0.3 is 0 Å². The normalized spacial score (nSPS) is 26.2. The van der Waals surface area contributed by atoms with Crippen LogP contribution in [-0.2, 0) is 10.0 Å². The molecule has 1 fully saturated rings. The van der Waals surface area contributed by atoms with Crippen LogP contribution in [-0.4, -0.2) is 37.9 Å². The van der Waals surface area contributed by atoms with Crippen LogP contribution < -0.4 is 5.32 Å². The number of halogens is 1. The third kappa shape index (κ3) is 2.61. The Hall–Kier alpha value is -0.430. The molecule has 0 amide bonds. The zero-order valence-corrected chi connectivity index (χ0v) is 12.8. The van der Waals surface area contributed by atoms with Crippen molar-refractivity contribution in [3.05, 3.63) is 28.7 Å². The fourth-order valence-electron chi connectivity index (χ4n) is 2.32. The summed E-state index contributed by atoms with van der Waals surface area (Å²) in [6, 6.07) is 6.74. The van der Waals surface area contributed by atoms with Gasteiger partial charge in [0.25, 0.3) is 0 Å². The van der Waals surface area contributed by atoms with Crippen LogP contribution in [0.1, 0.15) is 13.8 Å². The molecule has 1 aromatic carbocycles. The molecule has 0 aliphatic carbocycles. The maximum absolute atomic E-state index is 12.6. The molecule has 0 bridgehead atoms. The lowest BCUT2D eigenvalue weighted by Crippen LogP contribution is -2.57. The molecule has 2 unspecified atom stereocenters. The lowest BCUT2D eigenvalue weighted by Gasteiger charge is -2.38. The Morgan fingerprint density at radius 1 is 1.17 bits per heavy atom. The van der Waals surface area contributed by atoms with E-state index in [1.54, 1.807) is 28.6 Å². The quantitative estimate of drug-likeness (QED) is 0.898. The van der Waals surface area contributed by atoms with Crippen LogP contribution in [0.3, 0.4) is 0 Å². The van der Waals surface area contributed by atoms with Crippen LogP contribution in [0.5, 0.6) is 0 Å². The van der Waals surface area contributed by atoms with Crippen molar-refractivity contribution in [2.75, 3.05) is 13.1 Å². The molecule has 0 saturated carbocycles. The molecule has 1 aromatic rings. The Bertz CT molecular complexity index is 505. The van der Waals surface area contributed by atoms with Crippen molar-refractivity contribution in [2.24, 2.45) is 0 Å². The molecule has 6 heteroatoms. The molecular formula is C12H17BrN2O2S. The van der Waals surface area contributed by atoms with Crippen LogP contribution in [0.4, 0.5) is 0 Å². The summed E-state index contributed by atoms with van der Waals surface area (Å²) >= 11 is 3.31. The Morgan fingerprint density at radius 3 is 2.17 bits per heavy atom. The van der Waals surface area contributed by atoms with E-state index in [1.165, 1.54) is 0 Å². The Labute approximate surface area is 117 Å². The van der Waals surface area contributed by atoms with Gasteiger partial charge in [-0.3, -0.25) is 0 Å². The lowest BCUT2D eigenvalue weighted by molar-refractivity contribution is 0.220. The molecule has 2 rings (SSSR count). The number of hydrogen-bond acceptors (Lipinski definition) is 3. The highest BCUT2D eigenvalue weighted by Gasteiger charge is 2.35. The first-order valence-corrected chi connectivity index (χ1v) is 8.16. The van der Waals surface area contributed by atoms with Gasteiger partial charge in [-0.1, -0.05) is 15.9 Å². The van der Waals surface area contributed by atoms with Crippen LogP contribution in [0.2, 0.25) is 0 Å². The van der Waals surface area contributed by atoms with E-state index >= 15 is 0 Å². The maximum Gasteiger partial charge on any atom is 0.243 e. The molecule has 1 aliphatic heterocycles. The summed E-state index contributed by atoms with van der Waals surface area (Å²) in [7, 11) is -3.40. The molecular weight excluding hydrogens is 316 g/mol. The number of piperazine rings is 1. The summed E-state index contributed by atoms with van der Waals surface area (Å²) in [5.41, 5.74) is 0. The molecule has 18 heavy (non-hydrogen) atoms. The number of nitrogens with zero attached hydrogens (tertiary/aromatic N) is 1. The Balaban J connectivity index is 2.38. The van der Waals surface area contributed by atoms with Crippen molar-refractivity contribution < 1.29 is 8.42 Å². The predicted molar refractivity (Wildman–Crippen MR) is 75.0 cm³/mol. The molecule has 1 aliphatic rings. The highest BCUT2D eigenvalue weighted by molar-refractivity contribution is 9.10. The summed E-state index contributed by atoms with van der Waals surface area (Å²) in [4.78, 5) is 0.353. The Morgan fingerprint density at radius 2 is 1.67 bits per heavy atom. The zero-order chi connectivity index (χ0) is 13.3. The zero-order valence-electron chi connectivity index (χ0n) is 10.4. The minimum absolute atomic E-state index is 0.0256. The molecule has 1 heterocycles. The van der Waals surface area contributed by atoms with Gasteiger partial charge in [-0.2, -0.15) is 4.31 Å². The number of nitrogens with one attached hydrogen (secondary N) is 1. The standard InChI is InChI=1S/C12H17BrN2O2S/c1-9-7-14-8-10(2)15(9)18(16,17)12-5-3-11(13)4-6-12/h3-6,9-10,14H,7-8H2,1-2H3. The second-order valence-corrected chi connectivity index (χ2v) is 7.40. The van der Waals surface area contributed by atoms with Gasteiger partial charge in [-0.25, -0.2) is 8.42 Å². The topological polar surface area (TPSA) is 49.4 Å². The third-order valence-corrected chi connectivity index (χ3v) is 5.81. The summed E-state index contributed by atoms with van der Waals surface area (Å²) in [5, 5.41) is 3.23. The SMILES string of the molecule is CC1CNCC(C)N1S(=O)(=O)c1ccc(Br)cc1. The first kappa shape index (κ1) is 14.0. The minimum Gasteiger partial charge on any atom is -0.314 e. The molecule has 0 radical (unpaired) electrons. The van der Waals surface area contributed by atoms with Crippen LogP contribution in [0, 0.1) is 0 Å². The maximum atomic E-state index is 12.6. The van der Waals surface area contributed by atoms with E-state index in [0.717, 1.165) is 4.47 Å². The van der Waals surface area contributed by atoms with E-state index < -0.39 is 10.0 Å². The second-order valence-electron chi connectivity index (χ2n) is 4.65. The second kappa shape index (κ2) is 5.28. The molecule has 0 spiro atoms. The van der Waals surface area contributed by atoms with E-state index in [1.807, 2.05) is 13.8 Å². The van der Waals surface area contributed by atoms with Crippen molar-refractivity contribution in [1.82, 2.24) is 9.62 Å². The molecule has 0 aromatic heterocycles. The predicted octanol–water partition coefficient (Wildman–Crippen LogP) is 1.82. The van der Waals surface area contributed by atoms with Crippen LogP contribution >= 0.6 is 15.9 Å². The molecule has 1 saturated heterocycles. The largest absolute Gasteiger partial charge is 0.314 e. The average molecular weight is 333 g/mol. The van der Waals surface area contributed by atoms with Crippen molar-refractivity contribution in [3.8, 4) is 0 Å². The highest BCUT2D eigenvalue weighted by Crippen LogP contribution is 2.23. The van der Waals surface area contributed by atoms with Crippen molar-refractivity contribution in [1.29, 1.82) is 0 Å². The van der Waals surface area contributed by atoms with Gasteiger partial charge in [0.1, 0.15) is 0 Å². The fraction of sp³-hybridized carbons (Fsp3) is 0.500. The van der Waals surface area contributed by atoms with E-state index in [4.69, 9.17) is 0 Å². The van der Waals surface area contributed by atoms with Gasteiger partial charge in [-0.15, -0.1) is 0 Å². The Kier molecular flexibility index (Phi) is 4.11. The van der Waals surface area contributed by atoms with Gasteiger partial charge in [0.2, 0.25) is 10.0 Å². The molecule has 1 N–H and O–H groups in total. The van der Waals surface area contributed by atoms with E-state index in [9.17, 15) is 8.42 Å². The number of benzene rings is 1. The summed E-state index contributed by atoms with van der Waals surface area (Å²) in [5.74, 6) is 0. The van der Waals surface area contributed by atoms with Crippen molar-refractivity contribution >= 4 is 26.0 Å². The summed E-state index contributed by atoms with van der Waals surface area (Å²) < 4.78 is 27.7. The molecule has 4 nitrogen and oxygen atoms in total. The number of sulfonamides is 1. The monoisotopic (exact) mass is 332 g/mol. The van der Waals surface area contributed by atoms with Crippen LogP contribution in [0.15, 0.2) is 33.6 Å². The highest BCUT2D eigenvalue weighted by atomic mass is 79.9. The van der Waals surface area contributed by atoms with E-state index in [0.29, 0.717) is 18.0 Å². The van der Waals surface area contributed by atoms with Crippen molar-refractivity contribution in [2.45, 2.75) is 30.8 Å². The average Bonchev–Trinajstić information content (AvgIpc) is 2.29. The fourth-order valence-corrected chi connectivity index (χ4v) is 4.40. The van der Waals surface area contributed by atoms with E-state index in [-0.39, 0.29) is 12.1 Å². The lowest BCUT2D eigenvalue weighted by atomic mass is 10.2. The minimum atomic E-state index is -3.40. The van der Waals surface area contributed by atoms with Gasteiger partial charge in [0.15, 0.2) is 0 Å². The smallest absolute Gasteiger partial charge is 0.243 e. The van der Waals surface area contributed by atoms with Gasteiger partial charge in [0.05, 0.1) is 4.90 Å². The molecule has 2 atom stereocenters. The summed E-state index contributed by atoms with van der Waals surface area (Å²) in [6.07, 6.45) is 0. The van der Waals surface area contributed by atoms with Crippen LogP contribution in [0.25, 0.3) is 0 Å². The van der Waals surface area contributed by atoms with Gasteiger partial charge in [-0.05, 0) is 38.1 Å². The van der Waals surface area contributed by atoms with Crippen molar-refractivity contribution in [3.63, 3.8) is 0 Å². The third-order valence-electron chi connectivity index (χ3n) is 3.14. The van der Waals surface area contributed by atoms with Gasteiger partial charge in [0, 0.05) is 29.6 Å². The number of rotatable bonds is 2.